The summed E-state index contributed by atoms with van der Waals surface area (Å²) in [6, 6.07) is 21.4. The molecule has 5 rings (SSSR count). The number of aromatic nitrogens is 2. The van der Waals surface area contributed by atoms with Gasteiger partial charge < -0.3 is 9.15 Å². The van der Waals surface area contributed by atoms with Gasteiger partial charge in [0.15, 0.2) is 0 Å². The average Bonchev–Trinajstić information content (AvgIpc) is 3.21. The molecule has 1 aliphatic heterocycles. The number of nitrogens with zero attached hydrogens (tertiary/aromatic N) is 2. The largest absolute Gasteiger partial charge is 0.457 e. The first-order chi connectivity index (χ1) is 15.1. The zero-order chi connectivity index (χ0) is 21.4. The highest BCUT2D eigenvalue weighted by Crippen LogP contribution is 2.44. The highest BCUT2D eigenvalue weighted by Gasteiger charge is 2.33. The lowest BCUT2D eigenvalue weighted by Gasteiger charge is -2.26. The van der Waals surface area contributed by atoms with Crippen molar-refractivity contribution in [1.29, 1.82) is 0 Å². The number of carbonyl (C=O) groups excluding carboxylic acids is 1. The van der Waals surface area contributed by atoms with E-state index in [1.54, 1.807) is 0 Å². The maximum Gasteiger partial charge on any atom is 0.322 e. The molecule has 0 radical (unpaired) electrons. The minimum absolute atomic E-state index is 0.0882. The van der Waals surface area contributed by atoms with Gasteiger partial charge in [-0.25, -0.2) is 0 Å². The minimum atomic E-state index is -0.531. The van der Waals surface area contributed by atoms with Gasteiger partial charge in [0.05, 0.1) is 12.3 Å². The number of benzene rings is 3. The topological polar surface area (TPSA) is 77.2 Å². The van der Waals surface area contributed by atoms with Crippen molar-refractivity contribution in [2.45, 2.75) is 26.2 Å². The van der Waals surface area contributed by atoms with Crippen LogP contribution >= 0.6 is 0 Å². The first kappa shape index (κ1) is 19.1. The summed E-state index contributed by atoms with van der Waals surface area (Å²) in [6.45, 7) is 4.15. The van der Waals surface area contributed by atoms with Crippen LogP contribution in [0.15, 0.2) is 71.1 Å². The highest BCUT2D eigenvalue weighted by molar-refractivity contribution is 5.98. The van der Waals surface area contributed by atoms with Gasteiger partial charge in [0, 0.05) is 11.1 Å². The standard InChI is InChI=1S/C25H21N3O3/c1-15-11-12-17(13-16(15)2)14-22-27-28-25(31-22)26-24(29)23-18-7-3-5-9-20(18)30-21-10-6-4-8-19(21)23/h3-13,23H,14H2,1-2H3,(H,26,28,29). The van der Waals surface area contributed by atoms with Crippen molar-refractivity contribution >= 4 is 11.9 Å². The fourth-order valence-electron chi connectivity index (χ4n) is 3.83. The summed E-state index contributed by atoms with van der Waals surface area (Å²) >= 11 is 0. The van der Waals surface area contributed by atoms with E-state index in [0.717, 1.165) is 16.7 Å². The third kappa shape index (κ3) is 3.68. The van der Waals surface area contributed by atoms with Crippen molar-refractivity contribution < 1.29 is 13.9 Å². The lowest BCUT2D eigenvalue weighted by Crippen LogP contribution is -2.25. The second-order valence-corrected chi connectivity index (χ2v) is 7.70. The zero-order valence-electron chi connectivity index (χ0n) is 17.3. The van der Waals surface area contributed by atoms with Gasteiger partial charge in [0.25, 0.3) is 0 Å². The summed E-state index contributed by atoms with van der Waals surface area (Å²) < 4.78 is 11.7. The van der Waals surface area contributed by atoms with Crippen LogP contribution in [0.4, 0.5) is 6.01 Å². The van der Waals surface area contributed by atoms with Crippen molar-refractivity contribution in [3.05, 3.63) is 100 Å². The number of aryl methyl sites for hydroxylation is 2. The Morgan fingerprint density at radius 2 is 1.58 bits per heavy atom. The normalized spacial score (nSPS) is 12.6. The molecule has 1 amide bonds. The number of nitrogens with one attached hydrogen (secondary N) is 1. The van der Waals surface area contributed by atoms with E-state index < -0.39 is 5.92 Å². The Balaban J connectivity index is 1.38. The Kier molecular flexibility index (Phi) is 4.75. The maximum atomic E-state index is 13.2. The molecule has 4 aromatic rings. The van der Waals surface area contributed by atoms with Crippen molar-refractivity contribution in [3.8, 4) is 11.5 Å². The van der Waals surface area contributed by atoms with E-state index >= 15 is 0 Å². The van der Waals surface area contributed by atoms with Crippen LogP contribution < -0.4 is 10.1 Å². The number of anilines is 1. The molecule has 2 heterocycles. The molecule has 6 heteroatoms. The summed E-state index contributed by atoms with van der Waals surface area (Å²) in [6.07, 6.45) is 0.507. The van der Waals surface area contributed by atoms with E-state index in [2.05, 4.69) is 41.5 Å². The Bertz CT molecular complexity index is 1230. The SMILES string of the molecule is Cc1ccc(Cc2nnc(NC(=O)C3c4ccccc4Oc4ccccc43)o2)cc1C. The highest BCUT2D eigenvalue weighted by atomic mass is 16.5. The number of fused-ring (bicyclic) bond motifs is 2. The molecule has 0 spiro atoms. The molecule has 6 nitrogen and oxygen atoms in total. The summed E-state index contributed by atoms with van der Waals surface area (Å²) in [5, 5.41) is 10.9. The summed E-state index contributed by atoms with van der Waals surface area (Å²) in [4.78, 5) is 13.2. The number of hydrogen-bond acceptors (Lipinski definition) is 5. The second-order valence-electron chi connectivity index (χ2n) is 7.70. The van der Waals surface area contributed by atoms with Gasteiger partial charge >= 0.3 is 6.01 Å². The van der Waals surface area contributed by atoms with Crippen LogP contribution in [0.3, 0.4) is 0 Å². The molecule has 0 fully saturated rings. The van der Waals surface area contributed by atoms with E-state index in [-0.39, 0.29) is 11.9 Å². The minimum Gasteiger partial charge on any atom is -0.457 e. The Labute approximate surface area is 179 Å². The number of hydrogen-bond donors (Lipinski definition) is 1. The first-order valence-corrected chi connectivity index (χ1v) is 10.1. The molecule has 0 aliphatic carbocycles. The van der Waals surface area contributed by atoms with Gasteiger partial charge in [0.2, 0.25) is 11.8 Å². The van der Waals surface area contributed by atoms with Crippen LogP contribution in [0, 0.1) is 13.8 Å². The third-order valence-electron chi connectivity index (χ3n) is 5.57. The Morgan fingerprint density at radius 1 is 0.903 bits per heavy atom. The molecule has 1 N–H and O–H groups in total. The number of ether oxygens (including phenoxy) is 1. The molecule has 0 saturated heterocycles. The van der Waals surface area contributed by atoms with Crippen LogP contribution in [-0.2, 0) is 11.2 Å². The lowest BCUT2D eigenvalue weighted by molar-refractivity contribution is -0.117. The lowest BCUT2D eigenvalue weighted by atomic mass is 9.87. The fourth-order valence-corrected chi connectivity index (χ4v) is 3.83. The molecule has 3 aromatic carbocycles. The van der Waals surface area contributed by atoms with Crippen molar-refractivity contribution in [1.82, 2.24) is 10.2 Å². The van der Waals surface area contributed by atoms with E-state index in [1.807, 2.05) is 54.6 Å². The molecular weight excluding hydrogens is 390 g/mol. The molecule has 0 unspecified atom stereocenters. The molecular formula is C25H21N3O3. The molecule has 0 saturated carbocycles. The number of amides is 1. The Morgan fingerprint density at radius 3 is 2.26 bits per heavy atom. The van der Waals surface area contributed by atoms with Crippen LogP contribution in [0.2, 0.25) is 0 Å². The quantitative estimate of drug-likeness (QED) is 0.502. The molecule has 31 heavy (non-hydrogen) atoms. The van der Waals surface area contributed by atoms with Crippen molar-refractivity contribution in [2.24, 2.45) is 0 Å². The van der Waals surface area contributed by atoms with E-state index in [0.29, 0.717) is 23.8 Å². The number of carbonyl (C=O) groups is 1. The van der Waals surface area contributed by atoms with Gasteiger partial charge in [-0.05, 0) is 42.7 Å². The monoisotopic (exact) mass is 411 g/mol. The molecule has 0 atom stereocenters. The molecule has 154 valence electrons. The molecule has 0 bridgehead atoms. The van der Waals surface area contributed by atoms with E-state index in [4.69, 9.17) is 9.15 Å². The van der Waals surface area contributed by atoms with Crippen molar-refractivity contribution in [3.63, 3.8) is 0 Å². The van der Waals surface area contributed by atoms with Crippen LogP contribution in [-0.4, -0.2) is 16.1 Å². The zero-order valence-corrected chi connectivity index (χ0v) is 17.3. The molecule has 1 aromatic heterocycles. The third-order valence-corrected chi connectivity index (χ3v) is 5.57. The maximum absolute atomic E-state index is 13.2. The van der Waals surface area contributed by atoms with Crippen LogP contribution in [0.25, 0.3) is 0 Å². The smallest absolute Gasteiger partial charge is 0.322 e. The number of rotatable bonds is 4. The summed E-state index contributed by atoms with van der Waals surface area (Å²) in [5.41, 5.74) is 5.13. The van der Waals surface area contributed by atoms with Gasteiger partial charge in [-0.2, -0.15) is 0 Å². The van der Waals surface area contributed by atoms with E-state index in [9.17, 15) is 4.79 Å². The first-order valence-electron chi connectivity index (χ1n) is 10.1. The molecule has 1 aliphatic rings. The Hall–Kier alpha value is -3.93. The fraction of sp³-hybridized carbons (Fsp3) is 0.160. The average molecular weight is 411 g/mol. The second kappa shape index (κ2) is 7.72. The van der Waals surface area contributed by atoms with Gasteiger partial charge in [-0.15, -0.1) is 5.10 Å². The van der Waals surface area contributed by atoms with E-state index in [1.165, 1.54) is 11.1 Å². The summed E-state index contributed by atoms with van der Waals surface area (Å²) in [5.74, 6) is 1.01. The van der Waals surface area contributed by atoms with Gasteiger partial charge in [-0.1, -0.05) is 59.7 Å². The summed E-state index contributed by atoms with van der Waals surface area (Å²) in [7, 11) is 0. The van der Waals surface area contributed by atoms with Crippen LogP contribution in [0.5, 0.6) is 11.5 Å². The predicted octanol–water partition coefficient (Wildman–Crippen LogP) is 5.15. The van der Waals surface area contributed by atoms with Gasteiger partial charge in [-0.3, -0.25) is 10.1 Å². The predicted molar refractivity (Wildman–Crippen MR) is 116 cm³/mol. The van der Waals surface area contributed by atoms with Crippen LogP contribution in [0.1, 0.15) is 39.6 Å². The van der Waals surface area contributed by atoms with Crippen molar-refractivity contribution in [2.75, 3.05) is 5.32 Å². The number of para-hydroxylation sites is 2. The van der Waals surface area contributed by atoms with Gasteiger partial charge in [0.1, 0.15) is 11.5 Å².